The third-order valence-corrected chi connectivity index (χ3v) is 6.48. The van der Waals surface area contributed by atoms with Gasteiger partial charge in [-0.2, -0.15) is 5.10 Å². The largest absolute Gasteiger partial charge is 0.573 e. The van der Waals surface area contributed by atoms with E-state index in [2.05, 4.69) is 15.2 Å². The highest BCUT2D eigenvalue weighted by Gasteiger charge is 2.31. The molecule has 1 aromatic heterocycles. The number of carbonyl (C=O) groups is 2. The van der Waals surface area contributed by atoms with Gasteiger partial charge in [-0.3, -0.25) is 4.79 Å². The highest BCUT2D eigenvalue weighted by molar-refractivity contribution is 6.30. The van der Waals surface area contributed by atoms with Gasteiger partial charge in [-0.25, -0.2) is 9.48 Å². The third kappa shape index (κ3) is 6.83. The van der Waals surface area contributed by atoms with Crippen LogP contribution < -0.4 is 10.1 Å². The Hall–Kier alpha value is -4.05. The van der Waals surface area contributed by atoms with Gasteiger partial charge in [0, 0.05) is 23.3 Å². The molecule has 3 aromatic rings. The first-order chi connectivity index (χ1) is 18.0. The van der Waals surface area contributed by atoms with Gasteiger partial charge in [0.2, 0.25) is 0 Å². The number of nitrogens with one attached hydrogen (secondary N) is 1. The van der Waals surface area contributed by atoms with E-state index in [4.69, 9.17) is 11.6 Å². The van der Waals surface area contributed by atoms with E-state index in [1.807, 2.05) is 13.0 Å². The molecule has 4 rings (SSSR count). The first-order valence-electron chi connectivity index (χ1n) is 11.6. The summed E-state index contributed by atoms with van der Waals surface area (Å²) in [5.41, 5.74) is 3.11. The Morgan fingerprint density at radius 2 is 1.76 bits per heavy atom. The zero-order valence-electron chi connectivity index (χ0n) is 20.1. The number of carbonyl (C=O) groups excluding carboxylic acids is 1. The Balaban J connectivity index is 1.40. The predicted molar refractivity (Wildman–Crippen MR) is 135 cm³/mol. The molecule has 0 fully saturated rings. The number of amides is 1. The van der Waals surface area contributed by atoms with Crippen LogP contribution in [0.2, 0.25) is 0 Å². The standard InChI is InChI=1S/C27H23ClF3N3O4/c1-16-12-21(8-11-23(16)28)34-15-20(14-32-34)25(35)33-24(26(36)37)13-17-2-4-18(5-3-17)19-6-9-22(10-7-19)38-27(29,30)31/h2-11,14-16,24H,12-13H2,1H3,(H,33,35)(H,36,37)/t16?,24-/m0/s1. The van der Waals surface area contributed by atoms with E-state index < -0.39 is 24.3 Å². The van der Waals surface area contributed by atoms with E-state index in [1.165, 1.54) is 30.5 Å². The van der Waals surface area contributed by atoms with Gasteiger partial charge < -0.3 is 15.2 Å². The van der Waals surface area contributed by atoms with Gasteiger partial charge in [-0.1, -0.05) is 54.9 Å². The van der Waals surface area contributed by atoms with Gasteiger partial charge in [0.25, 0.3) is 5.91 Å². The number of nitrogens with zero attached hydrogens (tertiary/aromatic N) is 2. The predicted octanol–water partition coefficient (Wildman–Crippen LogP) is 5.88. The van der Waals surface area contributed by atoms with Gasteiger partial charge >= 0.3 is 12.3 Å². The molecule has 0 saturated carbocycles. The lowest BCUT2D eigenvalue weighted by Gasteiger charge is -2.17. The topological polar surface area (TPSA) is 93.5 Å². The number of ether oxygens (including phenoxy) is 1. The van der Waals surface area contributed by atoms with Gasteiger partial charge in [0.05, 0.1) is 11.8 Å². The molecule has 2 N–H and O–H groups in total. The van der Waals surface area contributed by atoms with E-state index in [0.29, 0.717) is 17.5 Å². The van der Waals surface area contributed by atoms with E-state index in [0.717, 1.165) is 16.3 Å². The smallest absolute Gasteiger partial charge is 0.480 e. The summed E-state index contributed by atoms with van der Waals surface area (Å²) in [7, 11) is 0. The minimum Gasteiger partial charge on any atom is -0.480 e. The highest BCUT2D eigenvalue weighted by Crippen LogP contribution is 2.30. The quantitative estimate of drug-likeness (QED) is 0.369. The first-order valence-corrected chi connectivity index (χ1v) is 12.0. The molecule has 0 aliphatic heterocycles. The lowest BCUT2D eigenvalue weighted by atomic mass is 10.00. The van der Waals surface area contributed by atoms with Crippen molar-refractivity contribution in [1.82, 2.24) is 15.1 Å². The molecule has 0 saturated heterocycles. The fourth-order valence-corrected chi connectivity index (χ4v) is 4.09. The van der Waals surface area contributed by atoms with Crippen molar-refractivity contribution in [3.8, 4) is 16.9 Å². The summed E-state index contributed by atoms with van der Waals surface area (Å²) < 4.78 is 42.5. The average molecular weight is 546 g/mol. The van der Waals surface area contributed by atoms with Crippen LogP contribution in [0.5, 0.6) is 5.75 Å². The number of aromatic nitrogens is 2. The maximum Gasteiger partial charge on any atom is 0.573 e. The van der Waals surface area contributed by atoms with E-state index >= 15 is 0 Å². The van der Waals surface area contributed by atoms with Gasteiger partial charge in [0.15, 0.2) is 0 Å². The number of halogens is 4. The van der Waals surface area contributed by atoms with Gasteiger partial charge in [-0.05, 0) is 53.3 Å². The molecule has 2 atom stereocenters. The molecular weight excluding hydrogens is 523 g/mol. The fraction of sp³-hybridized carbons (Fsp3) is 0.222. The van der Waals surface area contributed by atoms with Crippen molar-refractivity contribution in [2.75, 3.05) is 0 Å². The number of carboxylic acid groups (broad SMARTS) is 1. The SMILES string of the molecule is CC1CC(n2cc(C(=O)N[C@@H](Cc3ccc(-c4ccc(OC(F)(F)F)cc4)cc3)C(=O)O)cn2)=CC=C1Cl. The fourth-order valence-electron chi connectivity index (χ4n) is 3.95. The van der Waals surface area contributed by atoms with Crippen LogP contribution in [0.15, 0.2) is 78.1 Å². The second-order valence-electron chi connectivity index (χ2n) is 8.83. The van der Waals surface area contributed by atoms with Crippen LogP contribution in [-0.2, 0) is 11.2 Å². The van der Waals surface area contributed by atoms with E-state index in [9.17, 15) is 27.9 Å². The van der Waals surface area contributed by atoms with Crippen molar-refractivity contribution in [3.05, 3.63) is 89.2 Å². The van der Waals surface area contributed by atoms with Crippen molar-refractivity contribution in [3.63, 3.8) is 0 Å². The average Bonchev–Trinajstić information content (AvgIpc) is 3.36. The molecule has 0 spiro atoms. The normalized spacial score (nSPS) is 16.3. The van der Waals surface area contributed by atoms with Crippen LogP contribution in [-0.4, -0.2) is 39.2 Å². The minimum absolute atomic E-state index is 0.0276. The van der Waals surface area contributed by atoms with Crippen LogP contribution in [0.25, 0.3) is 16.8 Å². The van der Waals surface area contributed by atoms with Crippen LogP contribution in [0.3, 0.4) is 0 Å². The number of carboxylic acids is 1. The molecule has 1 amide bonds. The molecule has 0 bridgehead atoms. The van der Waals surface area contributed by atoms with Crippen molar-refractivity contribution >= 4 is 29.2 Å². The molecule has 1 heterocycles. The summed E-state index contributed by atoms with van der Waals surface area (Å²) >= 11 is 6.12. The molecule has 0 radical (unpaired) electrons. The third-order valence-electron chi connectivity index (χ3n) is 5.98. The van der Waals surface area contributed by atoms with Crippen LogP contribution >= 0.6 is 11.6 Å². The summed E-state index contributed by atoms with van der Waals surface area (Å²) in [5.74, 6) is -1.96. The number of benzene rings is 2. The number of hydrogen-bond donors (Lipinski definition) is 2. The molecule has 38 heavy (non-hydrogen) atoms. The molecule has 7 nitrogen and oxygen atoms in total. The Kier molecular flexibility index (Phi) is 7.91. The summed E-state index contributed by atoms with van der Waals surface area (Å²) in [6.07, 6.45) is 2.44. The molecule has 1 aliphatic carbocycles. The molecule has 11 heteroatoms. The highest BCUT2D eigenvalue weighted by atomic mass is 35.5. The van der Waals surface area contributed by atoms with Crippen molar-refractivity contribution in [1.29, 1.82) is 0 Å². The molecule has 1 aliphatic rings. The number of rotatable bonds is 8. The Labute approximate surface area is 221 Å². The summed E-state index contributed by atoms with van der Waals surface area (Å²) in [6, 6.07) is 11.1. The minimum atomic E-state index is -4.77. The van der Waals surface area contributed by atoms with E-state index in [-0.39, 0.29) is 23.7 Å². The number of aliphatic carboxylic acids is 1. The summed E-state index contributed by atoms with van der Waals surface area (Å²) in [4.78, 5) is 24.6. The molecule has 2 aromatic carbocycles. The molecular formula is C27H23ClF3N3O4. The number of alkyl halides is 3. The van der Waals surface area contributed by atoms with Crippen molar-refractivity contribution in [2.45, 2.75) is 32.2 Å². The Bertz CT molecular complexity index is 1380. The van der Waals surface area contributed by atoms with Crippen molar-refractivity contribution in [2.24, 2.45) is 5.92 Å². The summed E-state index contributed by atoms with van der Waals surface area (Å²) in [6.45, 7) is 1.98. The van der Waals surface area contributed by atoms with Gasteiger partial charge in [0.1, 0.15) is 11.8 Å². The van der Waals surface area contributed by atoms with Crippen LogP contribution in [0.1, 0.15) is 29.3 Å². The number of allylic oxidation sites excluding steroid dienone is 4. The van der Waals surface area contributed by atoms with Crippen molar-refractivity contribution < 1.29 is 32.6 Å². The molecule has 1 unspecified atom stereocenters. The zero-order chi connectivity index (χ0) is 27.4. The maximum absolute atomic E-state index is 12.8. The number of hydrogen-bond acceptors (Lipinski definition) is 4. The Morgan fingerprint density at radius 3 is 2.34 bits per heavy atom. The Morgan fingerprint density at radius 1 is 1.13 bits per heavy atom. The van der Waals surface area contributed by atoms with Crippen LogP contribution in [0.4, 0.5) is 13.2 Å². The monoisotopic (exact) mass is 545 g/mol. The second-order valence-corrected chi connectivity index (χ2v) is 9.26. The maximum atomic E-state index is 12.8. The second kappa shape index (κ2) is 11.1. The van der Waals surface area contributed by atoms with E-state index in [1.54, 1.807) is 41.2 Å². The lowest BCUT2D eigenvalue weighted by Crippen LogP contribution is -2.42. The molecule has 198 valence electrons. The van der Waals surface area contributed by atoms with Gasteiger partial charge in [-0.15, -0.1) is 13.2 Å². The summed E-state index contributed by atoms with van der Waals surface area (Å²) in [5, 5.41) is 17.2. The zero-order valence-corrected chi connectivity index (χ0v) is 20.8. The first kappa shape index (κ1) is 27.0. The van der Waals surface area contributed by atoms with Crippen LogP contribution in [0, 0.1) is 5.92 Å². The lowest BCUT2D eigenvalue weighted by molar-refractivity contribution is -0.274.